The van der Waals surface area contributed by atoms with E-state index in [4.69, 9.17) is 5.73 Å². The third kappa shape index (κ3) is 2.75. The number of carbonyl (C=O) groups excluding carboxylic acids is 1. The Morgan fingerprint density at radius 2 is 2.06 bits per heavy atom. The molecule has 18 heavy (non-hydrogen) atoms. The summed E-state index contributed by atoms with van der Waals surface area (Å²) >= 11 is 1.57. The molecule has 0 unspecified atom stereocenters. The molecule has 0 bridgehead atoms. The largest absolute Gasteiger partial charge is 0.398 e. The van der Waals surface area contributed by atoms with E-state index in [-0.39, 0.29) is 5.91 Å². The average molecular weight is 259 g/mol. The van der Waals surface area contributed by atoms with E-state index in [1.54, 1.807) is 35.6 Å². The van der Waals surface area contributed by atoms with E-state index in [9.17, 15) is 4.79 Å². The molecule has 2 rings (SSSR count). The first-order valence-corrected chi connectivity index (χ1v) is 6.29. The van der Waals surface area contributed by atoms with Crippen LogP contribution in [0.4, 0.5) is 5.69 Å². The Morgan fingerprint density at radius 3 is 2.72 bits per heavy atom. The van der Waals surface area contributed by atoms with Crippen LogP contribution in [0.2, 0.25) is 0 Å². The summed E-state index contributed by atoms with van der Waals surface area (Å²) in [5.41, 5.74) is 9.86. The third-order valence-corrected chi connectivity index (χ3v) is 3.39. The van der Waals surface area contributed by atoms with Gasteiger partial charge in [-0.3, -0.25) is 4.79 Å². The molecule has 1 amide bonds. The summed E-state index contributed by atoms with van der Waals surface area (Å²) in [6.45, 7) is 1.85. The summed E-state index contributed by atoms with van der Waals surface area (Å²) in [4.78, 5) is 12.9. The SMILES string of the molecule is C/C(=N\NC(=O)c1ccccc1N)c1cccs1. The van der Waals surface area contributed by atoms with Gasteiger partial charge in [-0.2, -0.15) is 5.10 Å². The predicted octanol–water partition coefficient (Wildman–Crippen LogP) is 2.48. The standard InChI is InChI=1S/C13H13N3OS/c1-9(12-7-4-8-18-12)15-16-13(17)10-5-2-3-6-11(10)14/h2-8H,14H2,1H3,(H,16,17)/b15-9+. The number of anilines is 1. The Balaban J connectivity index is 2.09. The number of hydrogen-bond acceptors (Lipinski definition) is 4. The van der Waals surface area contributed by atoms with E-state index in [1.165, 1.54) is 0 Å². The highest BCUT2D eigenvalue weighted by Gasteiger charge is 2.07. The van der Waals surface area contributed by atoms with Crippen LogP contribution in [-0.4, -0.2) is 11.6 Å². The number of nitrogen functional groups attached to an aromatic ring is 1. The summed E-state index contributed by atoms with van der Waals surface area (Å²) in [6.07, 6.45) is 0. The molecular weight excluding hydrogens is 246 g/mol. The molecule has 0 saturated heterocycles. The van der Waals surface area contributed by atoms with Gasteiger partial charge in [0.1, 0.15) is 0 Å². The lowest BCUT2D eigenvalue weighted by Crippen LogP contribution is -2.20. The average Bonchev–Trinajstić information content (AvgIpc) is 2.90. The lowest BCUT2D eigenvalue weighted by Gasteiger charge is -2.04. The third-order valence-electron chi connectivity index (χ3n) is 2.41. The van der Waals surface area contributed by atoms with E-state index in [0.717, 1.165) is 10.6 Å². The topological polar surface area (TPSA) is 67.5 Å². The Bertz CT molecular complexity index is 576. The van der Waals surface area contributed by atoms with Crippen LogP contribution >= 0.6 is 11.3 Å². The first-order valence-electron chi connectivity index (χ1n) is 5.41. The van der Waals surface area contributed by atoms with Crippen molar-refractivity contribution in [1.29, 1.82) is 0 Å². The van der Waals surface area contributed by atoms with Crippen molar-refractivity contribution in [2.75, 3.05) is 5.73 Å². The number of rotatable bonds is 3. The molecule has 0 spiro atoms. The number of thiophene rings is 1. The van der Waals surface area contributed by atoms with Crippen molar-refractivity contribution in [2.24, 2.45) is 5.10 Å². The quantitative estimate of drug-likeness (QED) is 0.505. The van der Waals surface area contributed by atoms with Crippen LogP contribution in [0.3, 0.4) is 0 Å². The summed E-state index contributed by atoms with van der Waals surface area (Å²) in [5, 5.41) is 6.02. The molecule has 1 heterocycles. The number of benzene rings is 1. The van der Waals surface area contributed by atoms with Gasteiger partial charge in [0.25, 0.3) is 5.91 Å². The first kappa shape index (κ1) is 12.3. The van der Waals surface area contributed by atoms with Crippen molar-refractivity contribution in [3.63, 3.8) is 0 Å². The van der Waals surface area contributed by atoms with Gasteiger partial charge in [-0.25, -0.2) is 5.43 Å². The molecule has 92 valence electrons. The van der Waals surface area contributed by atoms with Gasteiger partial charge in [-0.05, 0) is 30.5 Å². The Hall–Kier alpha value is -2.14. The van der Waals surface area contributed by atoms with Crippen LogP contribution in [0.15, 0.2) is 46.9 Å². The smallest absolute Gasteiger partial charge is 0.273 e. The Kier molecular flexibility index (Phi) is 3.74. The molecule has 0 radical (unpaired) electrons. The summed E-state index contributed by atoms with van der Waals surface area (Å²) in [7, 11) is 0. The zero-order chi connectivity index (χ0) is 13.0. The second-order valence-corrected chi connectivity index (χ2v) is 4.65. The number of nitrogens with one attached hydrogen (secondary N) is 1. The maximum atomic E-state index is 11.8. The van der Waals surface area contributed by atoms with Crippen LogP contribution in [-0.2, 0) is 0 Å². The van der Waals surface area contributed by atoms with Gasteiger partial charge in [0.05, 0.1) is 11.3 Å². The normalized spacial score (nSPS) is 11.3. The van der Waals surface area contributed by atoms with Crippen LogP contribution in [0, 0.1) is 0 Å². The highest BCUT2D eigenvalue weighted by atomic mass is 32.1. The molecule has 2 aromatic rings. The molecule has 0 atom stereocenters. The number of para-hydroxylation sites is 1. The monoisotopic (exact) mass is 259 g/mol. The summed E-state index contributed by atoms with van der Waals surface area (Å²) in [5.74, 6) is -0.302. The molecule has 5 heteroatoms. The fourth-order valence-electron chi connectivity index (χ4n) is 1.44. The molecule has 0 fully saturated rings. The van der Waals surface area contributed by atoms with Crippen molar-refractivity contribution < 1.29 is 4.79 Å². The lowest BCUT2D eigenvalue weighted by atomic mass is 10.2. The molecule has 3 N–H and O–H groups in total. The van der Waals surface area contributed by atoms with Crippen LogP contribution < -0.4 is 11.2 Å². The molecule has 0 aliphatic rings. The predicted molar refractivity (Wildman–Crippen MR) is 74.9 cm³/mol. The first-order chi connectivity index (χ1) is 8.68. The fraction of sp³-hybridized carbons (Fsp3) is 0.0769. The molecule has 0 saturated carbocycles. The molecule has 4 nitrogen and oxygen atoms in total. The van der Waals surface area contributed by atoms with Gasteiger partial charge in [0.2, 0.25) is 0 Å². The maximum Gasteiger partial charge on any atom is 0.273 e. The maximum absolute atomic E-state index is 11.8. The number of carbonyl (C=O) groups is 1. The van der Waals surface area contributed by atoms with Gasteiger partial charge in [0.15, 0.2) is 0 Å². The molecule has 1 aromatic heterocycles. The van der Waals surface area contributed by atoms with Crippen LogP contribution in [0.5, 0.6) is 0 Å². The van der Waals surface area contributed by atoms with E-state index in [2.05, 4.69) is 10.5 Å². The molecular formula is C13H13N3OS. The number of hydrogen-bond donors (Lipinski definition) is 2. The van der Waals surface area contributed by atoms with Crippen LogP contribution in [0.25, 0.3) is 0 Å². The van der Waals surface area contributed by atoms with Gasteiger partial charge in [-0.15, -0.1) is 11.3 Å². The van der Waals surface area contributed by atoms with Crippen LogP contribution in [0.1, 0.15) is 22.2 Å². The second kappa shape index (κ2) is 5.46. The fourth-order valence-corrected chi connectivity index (χ4v) is 2.12. The lowest BCUT2D eigenvalue weighted by molar-refractivity contribution is 0.0955. The molecule has 1 aromatic carbocycles. The minimum atomic E-state index is -0.302. The van der Waals surface area contributed by atoms with E-state index in [0.29, 0.717) is 11.3 Å². The van der Waals surface area contributed by atoms with Crippen molar-refractivity contribution in [2.45, 2.75) is 6.92 Å². The van der Waals surface area contributed by atoms with E-state index < -0.39 is 0 Å². The van der Waals surface area contributed by atoms with Crippen molar-refractivity contribution in [3.8, 4) is 0 Å². The van der Waals surface area contributed by atoms with Gasteiger partial charge >= 0.3 is 0 Å². The summed E-state index contributed by atoms with van der Waals surface area (Å²) < 4.78 is 0. The minimum Gasteiger partial charge on any atom is -0.398 e. The Morgan fingerprint density at radius 1 is 1.28 bits per heavy atom. The highest BCUT2D eigenvalue weighted by molar-refractivity contribution is 7.12. The highest BCUT2D eigenvalue weighted by Crippen LogP contribution is 2.11. The van der Waals surface area contributed by atoms with E-state index in [1.807, 2.05) is 24.4 Å². The van der Waals surface area contributed by atoms with Crippen molar-refractivity contribution >= 4 is 28.6 Å². The van der Waals surface area contributed by atoms with Gasteiger partial charge in [0, 0.05) is 10.6 Å². The van der Waals surface area contributed by atoms with E-state index >= 15 is 0 Å². The second-order valence-electron chi connectivity index (χ2n) is 3.70. The minimum absolute atomic E-state index is 0.302. The zero-order valence-corrected chi connectivity index (χ0v) is 10.7. The Labute approximate surface area is 109 Å². The van der Waals surface area contributed by atoms with Gasteiger partial charge < -0.3 is 5.73 Å². The number of hydrazone groups is 1. The van der Waals surface area contributed by atoms with Crippen molar-refractivity contribution in [1.82, 2.24) is 5.43 Å². The zero-order valence-electron chi connectivity index (χ0n) is 9.88. The number of amides is 1. The number of nitrogens with two attached hydrogens (primary N) is 1. The molecule has 0 aliphatic heterocycles. The van der Waals surface area contributed by atoms with Gasteiger partial charge in [-0.1, -0.05) is 18.2 Å². The van der Waals surface area contributed by atoms with Crippen molar-refractivity contribution in [3.05, 3.63) is 52.2 Å². The summed E-state index contributed by atoms with van der Waals surface area (Å²) in [6, 6.07) is 10.8. The number of nitrogens with zero attached hydrogens (tertiary/aromatic N) is 1. The molecule has 0 aliphatic carbocycles.